The Labute approximate surface area is 124 Å². The van der Waals surface area contributed by atoms with Crippen LogP contribution in [0.25, 0.3) is 0 Å². The number of nitrogens with zero attached hydrogens (tertiary/aromatic N) is 3. The first-order valence-corrected chi connectivity index (χ1v) is 7.97. The van der Waals surface area contributed by atoms with Crippen LogP contribution in [0.3, 0.4) is 0 Å². The fourth-order valence-electron chi connectivity index (χ4n) is 2.67. The normalized spacial score (nSPS) is 20.2. The summed E-state index contributed by atoms with van der Waals surface area (Å²) >= 11 is 1.18. The zero-order valence-corrected chi connectivity index (χ0v) is 13.2. The van der Waals surface area contributed by atoms with Gasteiger partial charge in [0.05, 0.1) is 5.69 Å². The number of aliphatic hydroxyl groups excluding tert-OH is 1. The molecule has 1 aromatic heterocycles. The van der Waals surface area contributed by atoms with E-state index in [-0.39, 0.29) is 24.0 Å². The van der Waals surface area contributed by atoms with Crippen LogP contribution in [0.4, 0.5) is 0 Å². The predicted molar refractivity (Wildman–Crippen MR) is 79.0 cm³/mol. The summed E-state index contributed by atoms with van der Waals surface area (Å²) in [6.07, 6.45) is 3.79. The van der Waals surface area contributed by atoms with Crippen molar-refractivity contribution in [2.75, 3.05) is 13.2 Å². The molecule has 2 rings (SSSR count). The minimum Gasteiger partial charge on any atom is -0.396 e. The van der Waals surface area contributed by atoms with E-state index in [0.717, 1.165) is 31.5 Å². The maximum absolute atomic E-state index is 12.8. The molecule has 1 aromatic rings. The highest BCUT2D eigenvalue weighted by atomic mass is 32.1. The molecule has 2 heterocycles. The van der Waals surface area contributed by atoms with Gasteiger partial charge in [-0.25, -0.2) is 0 Å². The first kappa shape index (κ1) is 15.4. The monoisotopic (exact) mass is 297 g/mol. The molecule has 1 unspecified atom stereocenters. The zero-order valence-electron chi connectivity index (χ0n) is 12.4. The maximum atomic E-state index is 12.8. The quantitative estimate of drug-likeness (QED) is 0.929. The Morgan fingerprint density at radius 3 is 2.85 bits per heavy atom. The fourth-order valence-corrected chi connectivity index (χ4v) is 3.50. The van der Waals surface area contributed by atoms with Crippen molar-refractivity contribution in [3.63, 3.8) is 0 Å². The maximum Gasteiger partial charge on any atom is 0.267 e. The van der Waals surface area contributed by atoms with Gasteiger partial charge in [-0.3, -0.25) is 4.79 Å². The molecule has 6 heteroatoms. The van der Waals surface area contributed by atoms with Crippen molar-refractivity contribution in [1.29, 1.82) is 0 Å². The SMILES string of the molecule is CC(C)(C)c1nnsc1C(=O)N1CCCCC1CCO. The average molecular weight is 297 g/mol. The Morgan fingerprint density at radius 2 is 2.20 bits per heavy atom. The number of carbonyl (C=O) groups is 1. The van der Waals surface area contributed by atoms with Crippen LogP contribution < -0.4 is 0 Å². The van der Waals surface area contributed by atoms with Crippen molar-refractivity contribution in [3.05, 3.63) is 10.6 Å². The molecule has 1 fully saturated rings. The Kier molecular flexibility index (Phi) is 4.75. The van der Waals surface area contributed by atoms with Crippen LogP contribution in [0.1, 0.15) is 61.8 Å². The molecule has 1 aliphatic rings. The van der Waals surface area contributed by atoms with Gasteiger partial charge in [-0.2, -0.15) is 0 Å². The lowest BCUT2D eigenvalue weighted by atomic mass is 9.90. The first-order valence-electron chi connectivity index (χ1n) is 7.20. The minimum absolute atomic E-state index is 0.0306. The van der Waals surface area contributed by atoms with Crippen molar-refractivity contribution in [2.24, 2.45) is 0 Å². The number of likely N-dealkylation sites (tertiary alicyclic amines) is 1. The number of amides is 1. The smallest absolute Gasteiger partial charge is 0.267 e. The molecular formula is C14H23N3O2S. The molecule has 0 radical (unpaired) electrons. The lowest BCUT2D eigenvalue weighted by Crippen LogP contribution is -2.44. The summed E-state index contributed by atoms with van der Waals surface area (Å²) in [5.74, 6) is 0.0306. The molecule has 0 saturated carbocycles. The molecule has 0 aliphatic carbocycles. The largest absolute Gasteiger partial charge is 0.396 e. The number of carbonyl (C=O) groups excluding carboxylic acids is 1. The zero-order chi connectivity index (χ0) is 14.8. The summed E-state index contributed by atoms with van der Waals surface area (Å²) in [5.41, 5.74) is 0.598. The number of aromatic nitrogens is 2. The van der Waals surface area contributed by atoms with Crippen LogP contribution in [-0.2, 0) is 5.41 Å². The molecule has 1 aliphatic heterocycles. The third kappa shape index (κ3) is 3.17. The highest BCUT2D eigenvalue weighted by Gasteiger charge is 2.33. The molecule has 112 valence electrons. The van der Waals surface area contributed by atoms with Gasteiger partial charge >= 0.3 is 0 Å². The summed E-state index contributed by atoms with van der Waals surface area (Å²) in [6, 6.07) is 0.149. The highest BCUT2D eigenvalue weighted by Crippen LogP contribution is 2.29. The molecule has 0 aromatic carbocycles. The molecule has 1 saturated heterocycles. The molecule has 1 amide bonds. The first-order chi connectivity index (χ1) is 9.45. The van der Waals surface area contributed by atoms with Crippen molar-refractivity contribution in [3.8, 4) is 0 Å². The van der Waals surface area contributed by atoms with Gasteiger partial charge in [-0.05, 0) is 37.2 Å². The van der Waals surface area contributed by atoms with Gasteiger partial charge in [0.25, 0.3) is 5.91 Å². The fraction of sp³-hybridized carbons (Fsp3) is 0.786. The van der Waals surface area contributed by atoms with E-state index in [9.17, 15) is 9.90 Å². The van der Waals surface area contributed by atoms with Crippen LogP contribution in [0.5, 0.6) is 0 Å². The van der Waals surface area contributed by atoms with Gasteiger partial charge in [0.2, 0.25) is 0 Å². The summed E-state index contributed by atoms with van der Waals surface area (Å²) in [4.78, 5) is 15.4. The Bertz CT molecular complexity index is 465. The van der Waals surface area contributed by atoms with E-state index in [1.807, 2.05) is 25.7 Å². The van der Waals surface area contributed by atoms with E-state index in [1.165, 1.54) is 11.5 Å². The van der Waals surface area contributed by atoms with E-state index in [2.05, 4.69) is 9.59 Å². The van der Waals surface area contributed by atoms with Crippen LogP contribution in [0, 0.1) is 0 Å². The van der Waals surface area contributed by atoms with Gasteiger partial charge in [0.15, 0.2) is 0 Å². The number of hydrogen-bond acceptors (Lipinski definition) is 5. The van der Waals surface area contributed by atoms with Crippen LogP contribution in [-0.4, -0.2) is 44.7 Å². The standard InChI is InChI=1S/C14H23N3O2S/c1-14(2,3)12-11(20-16-15-12)13(19)17-8-5-4-6-10(17)7-9-18/h10,18H,4-9H2,1-3H3. The van der Waals surface area contributed by atoms with Gasteiger partial charge in [-0.1, -0.05) is 25.3 Å². The molecular weight excluding hydrogens is 274 g/mol. The molecule has 0 spiro atoms. The molecule has 0 bridgehead atoms. The second-order valence-electron chi connectivity index (χ2n) is 6.36. The van der Waals surface area contributed by atoms with Crippen LogP contribution >= 0.6 is 11.5 Å². The van der Waals surface area contributed by atoms with E-state index in [4.69, 9.17) is 0 Å². The van der Waals surface area contributed by atoms with E-state index in [1.54, 1.807) is 0 Å². The molecule has 5 nitrogen and oxygen atoms in total. The van der Waals surface area contributed by atoms with Crippen LogP contribution in [0.2, 0.25) is 0 Å². The van der Waals surface area contributed by atoms with Crippen molar-refractivity contribution < 1.29 is 9.90 Å². The highest BCUT2D eigenvalue weighted by molar-refractivity contribution is 7.08. The predicted octanol–water partition coefficient (Wildman–Crippen LogP) is 2.21. The molecule has 20 heavy (non-hydrogen) atoms. The topological polar surface area (TPSA) is 66.3 Å². The minimum atomic E-state index is -0.180. The third-order valence-corrected chi connectivity index (χ3v) is 4.46. The van der Waals surface area contributed by atoms with Crippen molar-refractivity contribution >= 4 is 17.4 Å². The second kappa shape index (κ2) is 6.18. The Morgan fingerprint density at radius 1 is 1.45 bits per heavy atom. The van der Waals surface area contributed by atoms with E-state index < -0.39 is 0 Å². The lowest BCUT2D eigenvalue weighted by molar-refractivity contribution is 0.0577. The average Bonchev–Trinajstić information content (AvgIpc) is 2.88. The van der Waals surface area contributed by atoms with Gasteiger partial charge in [0.1, 0.15) is 4.88 Å². The lowest BCUT2D eigenvalue weighted by Gasteiger charge is -2.35. The van der Waals surface area contributed by atoms with E-state index in [0.29, 0.717) is 11.3 Å². The molecule has 1 atom stereocenters. The summed E-state index contributed by atoms with van der Waals surface area (Å²) < 4.78 is 3.97. The summed E-state index contributed by atoms with van der Waals surface area (Å²) in [7, 11) is 0. The van der Waals surface area contributed by atoms with Crippen molar-refractivity contribution in [1.82, 2.24) is 14.5 Å². The summed E-state index contributed by atoms with van der Waals surface area (Å²) in [6.45, 7) is 7.03. The third-order valence-electron chi connectivity index (χ3n) is 3.74. The number of rotatable bonds is 3. The number of hydrogen-bond donors (Lipinski definition) is 1. The Hall–Kier alpha value is -1.01. The summed E-state index contributed by atoms with van der Waals surface area (Å²) in [5, 5.41) is 13.3. The molecule has 1 N–H and O–H groups in total. The van der Waals surface area contributed by atoms with Crippen LogP contribution in [0.15, 0.2) is 0 Å². The van der Waals surface area contributed by atoms with Gasteiger partial charge in [-0.15, -0.1) is 5.10 Å². The second-order valence-corrected chi connectivity index (χ2v) is 7.12. The number of aliphatic hydroxyl groups is 1. The van der Waals surface area contributed by atoms with E-state index >= 15 is 0 Å². The Balaban J connectivity index is 2.24. The van der Waals surface area contributed by atoms with Crippen molar-refractivity contribution in [2.45, 2.75) is 57.9 Å². The van der Waals surface area contributed by atoms with Gasteiger partial charge in [0, 0.05) is 24.6 Å². The number of piperidine rings is 1. The van der Waals surface area contributed by atoms with Gasteiger partial charge < -0.3 is 10.0 Å².